The Morgan fingerprint density at radius 2 is 2.10 bits per heavy atom. The molecule has 1 unspecified atom stereocenters. The SMILES string of the molecule is COC(=O)C1CN(C(C)=O)CCN1C(=O)c1cccs1. The highest BCUT2D eigenvalue weighted by Gasteiger charge is 2.37. The first-order chi connectivity index (χ1) is 9.54. The summed E-state index contributed by atoms with van der Waals surface area (Å²) in [4.78, 5) is 39.3. The predicted octanol–water partition coefficient (Wildman–Crippen LogP) is 0.594. The topological polar surface area (TPSA) is 66.9 Å². The Hall–Kier alpha value is -1.89. The van der Waals surface area contributed by atoms with E-state index < -0.39 is 12.0 Å². The summed E-state index contributed by atoms with van der Waals surface area (Å²) in [6, 6.07) is 2.77. The van der Waals surface area contributed by atoms with E-state index in [0.29, 0.717) is 18.0 Å². The number of thiophene rings is 1. The molecule has 0 spiro atoms. The first-order valence-electron chi connectivity index (χ1n) is 6.22. The van der Waals surface area contributed by atoms with Crippen molar-refractivity contribution >= 4 is 29.1 Å². The molecule has 2 amide bonds. The summed E-state index contributed by atoms with van der Waals surface area (Å²) in [5.74, 6) is -0.804. The Labute approximate surface area is 120 Å². The summed E-state index contributed by atoms with van der Waals surface area (Å²) in [6.45, 7) is 2.39. The quantitative estimate of drug-likeness (QED) is 0.749. The van der Waals surface area contributed by atoms with Crippen LogP contribution in [0.3, 0.4) is 0 Å². The van der Waals surface area contributed by atoms with Crippen LogP contribution in [0.5, 0.6) is 0 Å². The molecule has 108 valence electrons. The first-order valence-corrected chi connectivity index (χ1v) is 7.10. The molecule has 1 saturated heterocycles. The maximum absolute atomic E-state index is 12.4. The highest BCUT2D eigenvalue weighted by molar-refractivity contribution is 7.12. The van der Waals surface area contributed by atoms with Crippen molar-refractivity contribution in [1.29, 1.82) is 0 Å². The van der Waals surface area contributed by atoms with Gasteiger partial charge in [0.1, 0.15) is 6.04 Å². The van der Waals surface area contributed by atoms with Crippen molar-refractivity contribution in [2.75, 3.05) is 26.7 Å². The van der Waals surface area contributed by atoms with Gasteiger partial charge in [-0.3, -0.25) is 9.59 Å². The lowest BCUT2D eigenvalue weighted by Gasteiger charge is -2.39. The molecule has 2 rings (SSSR count). The average Bonchev–Trinajstić information content (AvgIpc) is 2.99. The number of carbonyl (C=O) groups excluding carboxylic acids is 3. The number of hydrogen-bond donors (Lipinski definition) is 0. The van der Waals surface area contributed by atoms with Gasteiger partial charge in [-0.1, -0.05) is 6.07 Å². The van der Waals surface area contributed by atoms with Crippen molar-refractivity contribution in [2.45, 2.75) is 13.0 Å². The van der Waals surface area contributed by atoms with Crippen molar-refractivity contribution in [3.8, 4) is 0 Å². The van der Waals surface area contributed by atoms with Crippen LogP contribution in [0, 0.1) is 0 Å². The van der Waals surface area contributed by atoms with Crippen LogP contribution in [0.4, 0.5) is 0 Å². The van der Waals surface area contributed by atoms with Crippen molar-refractivity contribution < 1.29 is 19.1 Å². The number of esters is 1. The molecule has 0 aliphatic carbocycles. The van der Waals surface area contributed by atoms with Gasteiger partial charge in [-0.2, -0.15) is 0 Å². The summed E-state index contributed by atoms with van der Waals surface area (Å²) in [5, 5.41) is 1.81. The molecule has 1 aliphatic heterocycles. The third-order valence-electron chi connectivity index (χ3n) is 3.29. The number of piperazine rings is 1. The van der Waals surface area contributed by atoms with Gasteiger partial charge in [0.15, 0.2) is 0 Å². The predicted molar refractivity (Wildman–Crippen MR) is 73.4 cm³/mol. The molecular weight excluding hydrogens is 280 g/mol. The Morgan fingerprint density at radius 3 is 2.65 bits per heavy atom. The van der Waals surface area contributed by atoms with Gasteiger partial charge >= 0.3 is 5.97 Å². The van der Waals surface area contributed by atoms with Crippen LogP contribution in [-0.2, 0) is 14.3 Å². The Bertz CT molecular complexity index is 514. The van der Waals surface area contributed by atoms with Crippen LogP contribution < -0.4 is 0 Å². The maximum atomic E-state index is 12.4. The van der Waals surface area contributed by atoms with Crippen LogP contribution in [-0.4, -0.2) is 60.4 Å². The minimum atomic E-state index is -0.743. The highest BCUT2D eigenvalue weighted by Crippen LogP contribution is 2.18. The van der Waals surface area contributed by atoms with E-state index in [1.807, 2.05) is 5.38 Å². The first kappa shape index (κ1) is 14.5. The molecule has 2 heterocycles. The lowest BCUT2D eigenvalue weighted by Crippen LogP contribution is -2.59. The zero-order chi connectivity index (χ0) is 14.7. The molecule has 7 heteroatoms. The van der Waals surface area contributed by atoms with Gasteiger partial charge in [0, 0.05) is 20.0 Å². The van der Waals surface area contributed by atoms with E-state index >= 15 is 0 Å². The summed E-state index contributed by atoms with van der Waals surface area (Å²) >= 11 is 1.33. The van der Waals surface area contributed by atoms with E-state index in [2.05, 4.69) is 0 Å². The fraction of sp³-hybridized carbons (Fsp3) is 0.462. The van der Waals surface area contributed by atoms with Crippen LogP contribution in [0.25, 0.3) is 0 Å². The molecule has 1 fully saturated rings. The van der Waals surface area contributed by atoms with Gasteiger partial charge in [-0.25, -0.2) is 4.79 Å². The van der Waals surface area contributed by atoms with Crippen LogP contribution >= 0.6 is 11.3 Å². The second-order valence-electron chi connectivity index (χ2n) is 4.48. The van der Waals surface area contributed by atoms with E-state index in [1.165, 1.54) is 30.3 Å². The molecule has 6 nitrogen and oxygen atoms in total. The van der Waals surface area contributed by atoms with Crippen molar-refractivity contribution in [3.05, 3.63) is 22.4 Å². The minimum absolute atomic E-state index is 0.109. The standard InChI is InChI=1S/C13H16N2O4S/c1-9(16)14-5-6-15(10(8-14)13(18)19-2)12(17)11-4-3-7-20-11/h3-4,7,10H,5-6,8H2,1-2H3. The van der Waals surface area contributed by atoms with Gasteiger partial charge in [0.2, 0.25) is 5.91 Å². The number of rotatable bonds is 2. The molecule has 1 aromatic rings. The van der Waals surface area contributed by atoms with E-state index in [9.17, 15) is 14.4 Å². The van der Waals surface area contributed by atoms with Gasteiger partial charge < -0.3 is 14.5 Å². The molecule has 1 aliphatic rings. The second kappa shape index (κ2) is 6.04. The fourth-order valence-corrected chi connectivity index (χ4v) is 2.87. The van der Waals surface area contributed by atoms with Gasteiger partial charge in [0.05, 0.1) is 18.5 Å². The summed E-state index contributed by atoms with van der Waals surface area (Å²) < 4.78 is 4.75. The Balaban J connectivity index is 2.20. The lowest BCUT2D eigenvalue weighted by molar-refractivity contribution is -0.149. The monoisotopic (exact) mass is 296 g/mol. The molecule has 1 aromatic heterocycles. The normalized spacial score (nSPS) is 18.8. The zero-order valence-electron chi connectivity index (χ0n) is 11.4. The largest absolute Gasteiger partial charge is 0.467 e. The number of carbonyl (C=O) groups is 3. The third kappa shape index (κ3) is 2.82. The van der Waals surface area contributed by atoms with E-state index in [-0.39, 0.29) is 18.4 Å². The number of amides is 2. The molecule has 0 bridgehead atoms. The zero-order valence-corrected chi connectivity index (χ0v) is 12.2. The number of ether oxygens (including phenoxy) is 1. The second-order valence-corrected chi connectivity index (χ2v) is 5.43. The van der Waals surface area contributed by atoms with Crippen LogP contribution in [0.1, 0.15) is 16.6 Å². The van der Waals surface area contributed by atoms with E-state index in [4.69, 9.17) is 4.74 Å². The minimum Gasteiger partial charge on any atom is -0.467 e. The average molecular weight is 296 g/mol. The third-order valence-corrected chi connectivity index (χ3v) is 4.15. The van der Waals surface area contributed by atoms with Crippen LogP contribution in [0.2, 0.25) is 0 Å². The molecule has 0 radical (unpaired) electrons. The van der Waals surface area contributed by atoms with E-state index in [1.54, 1.807) is 17.0 Å². The number of methoxy groups -OCH3 is 1. The van der Waals surface area contributed by atoms with Gasteiger partial charge in [-0.05, 0) is 11.4 Å². The Morgan fingerprint density at radius 1 is 1.35 bits per heavy atom. The van der Waals surface area contributed by atoms with E-state index in [0.717, 1.165) is 0 Å². The number of hydrogen-bond acceptors (Lipinski definition) is 5. The number of nitrogens with zero attached hydrogens (tertiary/aromatic N) is 2. The molecule has 0 aromatic carbocycles. The smallest absolute Gasteiger partial charge is 0.330 e. The van der Waals surface area contributed by atoms with Crippen molar-refractivity contribution in [2.24, 2.45) is 0 Å². The molecular formula is C13H16N2O4S. The maximum Gasteiger partial charge on any atom is 0.330 e. The van der Waals surface area contributed by atoms with Crippen molar-refractivity contribution in [1.82, 2.24) is 9.80 Å². The summed E-state index contributed by atoms with van der Waals surface area (Å²) in [5.41, 5.74) is 0. The van der Waals surface area contributed by atoms with Crippen LogP contribution in [0.15, 0.2) is 17.5 Å². The fourth-order valence-electron chi connectivity index (χ4n) is 2.19. The summed E-state index contributed by atoms with van der Waals surface area (Å²) in [6.07, 6.45) is 0. The highest BCUT2D eigenvalue weighted by atomic mass is 32.1. The summed E-state index contributed by atoms with van der Waals surface area (Å²) in [7, 11) is 1.28. The molecule has 0 saturated carbocycles. The molecule has 0 N–H and O–H groups in total. The molecule has 1 atom stereocenters. The van der Waals surface area contributed by atoms with Gasteiger partial charge in [-0.15, -0.1) is 11.3 Å². The van der Waals surface area contributed by atoms with Gasteiger partial charge in [0.25, 0.3) is 5.91 Å². The lowest BCUT2D eigenvalue weighted by atomic mass is 10.1. The molecule has 20 heavy (non-hydrogen) atoms. The van der Waals surface area contributed by atoms with Crippen molar-refractivity contribution in [3.63, 3.8) is 0 Å². The Kier molecular flexibility index (Phi) is 4.39.